The summed E-state index contributed by atoms with van der Waals surface area (Å²) in [6.45, 7) is 2.34. The molecule has 0 saturated carbocycles. The van der Waals surface area contributed by atoms with Gasteiger partial charge in [-0.15, -0.1) is 0 Å². The minimum atomic E-state index is -0.648. The minimum Gasteiger partial charge on any atom is -0.496 e. The van der Waals surface area contributed by atoms with Crippen LogP contribution in [0.15, 0.2) is 78.9 Å². The number of carbonyl (C=O) groups is 1. The second-order valence-corrected chi connectivity index (χ2v) is 9.02. The van der Waals surface area contributed by atoms with E-state index < -0.39 is 18.2 Å². The predicted octanol–water partition coefficient (Wildman–Crippen LogP) is 5.52. The van der Waals surface area contributed by atoms with Crippen LogP contribution >= 0.6 is 0 Å². The van der Waals surface area contributed by atoms with Gasteiger partial charge >= 0.3 is 6.09 Å². The lowest BCUT2D eigenvalue weighted by molar-refractivity contribution is 0.00234. The summed E-state index contributed by atoms with van der Waals surface area (Å²) >= 11 is 0. The summed E-state index contributed by atoms with van der Waals surface area (Å²) < 4.78 is 22.5. The van der Waals surface area contributed by atoms with Gasteiger partial charge in [0.2, 0.25) is 0 Å². The third-order valence-electron chi connectivity index (χ3n) is 6.41. The quantitative estimate of drug-likeness (QED) is 0.346. The highest BCUT2D eigenvalue weighted by Crippen LogP contribution is 2.33. The Labute approximate surface area is 218 Å². The largest absolute Gasteiger partial charge is 0.496 e. The Morgan fingerprint density at radius 3 is 2.49 bits per heavy atom. The fourth-order valence-electron chi connectivity index (χ4n) is 4.50. The molecule has 196 valence electrons. The molecule has 1 aliphatic heterocycles. The summed E-state index contributed by atoms with van der Waals surface area (Å²) in [4.78, 5) is 14.5. The van der Waals surface area contributed by atoms with E-state index in [9.17, 15) is 9.90 Å². The molecule has 1 N–H and O–H groups in total. The Kier molecular flexibility index (Phi) is 9.80. The molecule has 7 nitrogen and oxygen atoms in total. The molecule has 1 heterocycles. The van der Waals surface area contributed by atoms with E-state index >= 15 is 0 Å². The highest BCUT2D eigenvalue weighted by atomic mass is 16.6. The number of rotatable bonds is 11. The molecule has 0 bridgehead atoms. The molecule has 1 saturated heterocycles. The molecule has 0 aromatic heterocycles. The Morgan fingerprint density at radius 1 is 0.946 bits per heavy atom. The van der Waals surface area contributed by atoms with Crippen molar-refractivity contribution in [3.63, 3.8) is 0 Å². The van der Waals surface area contributed by atoms with Crippen LogP contribution in [-0.2, 0) is 22.7 Å². The zero-order valence-corrected chi connectivity index (χ0v) is 21.3. The van der Waals surface area contributed by atoms with Crippen LogP contribution in [0.2, 0.25) is 0 Å². The van der Waals surface area contributed by atoms with Crippen LogP contribution in [0.5, 0.6) is 11.5 Å². The van der Waals surface area contributed by atoms with Gasteiger partial charge in [0.25, 0.3) is 0 Å². The fourth-order valence-corrected chi connectivity index (χ4v) is 4.50. The third kappa shape index (κ3) is 7.47. The molecule has 0 aliphatic carbocycles. The van der Waals surface area contributed by atoms with E-state index in [1.807, 2.05) is 78.9 Å². The first-order chi connectivity index (χ1) is 18.2. The second kappa shape index (κ2) is 13.7. The van der Waals surface area contributed by atoms with Gasteiger partial charge in [-0.1, -0.05) is 60.7 Å². The lowest BCUT2D eigenvalue weighted by Gasteiger charge is -2.38. The van der Waals surface area contributed by atoms with Crippen molar-refractivity contribution in [1.82, 2.24) is 4.90 Å². The van der Waals surface area contributed by atoms with E-state index in [4.69, 9.17) is 18.9 Å². The molecule has 37 heavy (non-hydrogen) atoms. The number of hydrogen-bond acceptors (Lipinski definition) is 6. The molecular weight excluding hydrogens is 470 g/mol. The van der Waals surface area contributed by atoms with Crippen molar-refractivity contribution in [2.45, 2.75) is 44.6 Å². The van der Waals surface area contributed by atoms with Gasteiger partial charge in [-0.05, 0) is 42.2 Å². The monoisotopic (exact) mass is 505 g/mol. The first-order valence-corrected chi connectivity index (χ1v) is 12.7. The van der Waals surface area contributed by atoms with Gasteiger partial charge in [-0.3, -0.25) is 4.90 Å². The summed E-state index contributed by atoms with van der Waals surface area (Å²) in [6, 6.07) is 24.5. The number of amides is 1. The van der Waals surface area contributed by atoms with Crippen LogP contribution in [-0.4, -0.2) is 49.1 Å². The Balaban J connectivity index is 1.25. The molecule has 2 atom stereocenters. The second-order valence-electron chi connectivity index (χ2n) is 9.02. The van der Waals surface area contributed by atoms with E-state index in [1.165, 1.54) is 0 Å². The summed E-state index contributed by atoms with van der Waals surface area (Å²) in [7, 11) is 1.65. The van der Waals surface area contributed by atoms with Crippen molar-refractivity contribution in [2.75, 3.05) is 26.9 Å². The number of benzene rings is 3. The smallest absolute Gasteiger partial charge is 0.410 e. The lowest BCUT2D eigenvalue weighted by Crippen LogP contribution is -2.45. The SMILES string of the molecule is COc1ccccc1COCCCOc1ccc(C2C(O)CCCN2C(=O)OCc2ccccc2)cc1. The maximum Gasteiger partial charge on any atom is 0.410 e. The zero-order valence-electron chi connectivity index (χ0n) is 21.3. The number of piperidine rings is 1. The first kappa shape index (κ1) is 26.5. The standard InChI is InChI=1S/C30H35NO6/c1-34-28-13-6-5-11-25(28)22-35-19-8-20-36-26-16-14-24(15-17-26)29-27(32)12-7-18-31(29)30(33)37-21-23-9-3-2-4-10-23/h2-6,9-11,13-17,27,29,32H,7-8,12,18-22H2,1H3. The highest BCUT2D eigenvalue weighted by Gasteiger charge is 2.35. The molecule has 1 aliphatic rings. The van der Waals surface area contributed by atoms with Crippen LogP contribution in [0.4, 0.5) is 4.79 Å². The van der Waals surface area contributed by atoms with Crippen molar-refractivity contribution >= 4 is 6.09 Å². The molecule has 0 radical (unpaired) electrons. The molecule has 1 amide bonds. The number of aliphatic hydroxyl groups excluding tert-OH is 1. The molecule has 3 aromatic rings. The summed E-state index contributed by atoms with van der Waals surface area (Å²) in [5, 5.41) is 10.7. The van der Waals surface area contributed by atoms with Crippen LogP contribution in [0.25, 0.3) is 0 Å². The van der Waals surface area contributed by atoms with Crippen LogP contribution in [0.3, 0.4) is 0 Å². The lowest BCUT2D eigenvalue weighted by atomic mass is 9.93. The number of aliphatic hydroxyl groups is 1. The summed E-state index contributed by atoms with van der Waals surface area (Å²) in [5.41, 5.74) is 2.80. The van der Waals surface area contributed by atoms with Crippen LogP contribution in [0, 0.1) is 0 Å². The van der Waals surface area contributed by atoms with Gasteiger partial charge in [0.1, 0.15) is 18.1 Å². The molecule has 1 fully saturated rings. The van der Waals surface area contributed by atoms with Crippen molar-refractivity contribution in [3.8, 4) is 11.5 Å². The number of ether oxygens (including phenoxy) is 4. The predicted molar refractivity (Wildman–Crippen MR) is 141 cm³/mol. The van der Waals surface area contributed by atoms with Crippen molar-refractivity contribution in [2.24, 2.45) is 0 Å². The van der Waals surface area contributed by atoms with E-state index in [1.54, 1.807) is 12.0 Å². The third-order valence-corrected chi connectivity index (χ3v) is 6.41. The number of carbonyl (C=O) groups excluding carboxylic acids is 1. The Hall–Kier alpha value is -3.55. The normalized spacial score (nSPS) is 17.3. The van der Waals surface area contributed by atoms with Gasteiger partial charge in [0, 0.05) is 18.5 Å². The topological polar surface area (TPSA) is 77.5 Å². The number of methoxy groups -OCH3 is 1. The molecular formula is C30H35NO6. The first-order valence-electron chi connectivity index (χ1n) is 12.7. The molecule has 4 rings (SSSR count). The number of likely N-dealkylation sites (tertiary alicyclic amines) is 1. The Morgan fingerprint density at radius 2 is 1.70 bits per heavy atom. The average molecular weight is 506 g/mol. The van der Waals surface area contributed by atoms with Gasteiger partial charge in [0.05, 0.1) is 39.1 Å². The minimum absolute atomic E-state index is 0.203. The average Bonchev–Trinajstić information content (AvgIpc) is 2.94. The number of nitrogens with zero attached hydrogens (tertiary/aromatic N) is 1. The van der Waals surface area contributed by atoms with Gasteiger partial charge in [-0.25, -0.2) is 4.79 Å². The summed E-state index contributed by atoms with van der Waals surface area (Å²) in [6.07, 6.45) is 1.06. The van der Waals surface area contributed by atoms with Crippen molar-refractivity contribution in [1.29, 1.82) is 0 Å². The Bertz CT molecular complexity index is 1100. The van der Waals surface area contributed by atoms with E-state index in [2.05, 4.69) is 0 Å². The zero-order chi connectivity index (χ0) is 25.9. The molecule has 7 heteroatoms. The van der Waals surface area contributed by atoms with Crippen LogP contribution in [0.1, 0.15) is 42.0 Å². The molecule has 3 aromatic carbocycles. The fraction of sp³-hybridized carbons (Fsp3) is 0.367. The van der Waals surface area contributed by atoms with E-state index in [-0.39, 0.29) is 6.61 Å². The van der Waals surface area contributed by atoms with E-state index in [0.717, 1.165) is 41.0 Å². The molecule has 2 unspecified atom stereocenters. The number of para-hydroxylation sites is 1. The van der Waals surface area contributed by atoms with Gasteiger partial charge in [0.15, 0.2) is 0 Å². The van der Waals surface area contributed by atoms with E-state index in [0.29, 0.717) is 32.8 Å². The van der Waals surface area contributed by atoms with Crippen LogP contribution < -0.4 is 9.47 Å². The van der Waals surface area contributed by atoms with Gasteiger partial charge in [-0.2, -0.15) is 0 Å². The maximum atomic E-state index is 12.9. The highest BCUT2D eigenvalue weighted by molar-refractivity contribution is 5.68. The van der Waals surface area contributed by atoms with Gasteiger partial charge < -0.3 is 24.1 Å². The van der Waals surface area contributed by atoms with Crippen molar-refractivity contribution in [3.05, 3.63) is 95.6 Å². The molecule has 0 spiro atoms. The maximum absolute atomic E-state index is 12.9. The van der Waals surface area contributed by atoms with Crippen molar-refractivity contribution < 1.29 is 28.8 Å². The number of hydrogen-bond donors (Lipinski definition) is 1. The summed E-state index contributed by atoms with van der Waals surface area (Å²) in [5.74, 6) is 1.56.